The van der Waals surface area contributed by atoms with E-state index in [-0.39, 0.29) is 35.3 Å². The van der Waals surface area contributed by atoms with Gasteiger partial charge in [0.15, 0.2) is 0 Å². The number of carbonyl (C=O) groups excluding carboxylic acids is 2. The van der Waals surface area contributed by atoms with Crippen molar-refractivity contribution in [3.8, 4) is 0 Å². The molecule has 0 bridgehead atoms. The van der Waals surface area contributed by atoms with Crippen molar-refractivity contribution in [2.45, 2.75) is 64.1 Å². The number of nitrogens with one attached hydrogen (secondary N) is 2. The van der Waals surface area contributed by atoms with E-state index in [1.807, 2.05) is 18.2 Å². The highest BCUT2D eigenvalue weighted by Gasteiger charge is 2.36. The number of aliphatic hydroxyl groups excluding tert-OH is 1. The molecule has 41 heavy (non-hydrogen) atoms. The molecule has 2 amide bonds. The van der Waals surface area contributed by atoms with Gasteiger partial charge in [-0.2, -0.15) is 4.31 Å². The molecule has 2 aromatic rings. The highest BCUT2D eigenvalue weighted by molar-refractivity contribution is 7.89. The zero-order valence-electron chi connectivity index (χ0n) is 23.9. The number of halogens is 1. The summed E-state index contributed by atoms with van der Waals surface area (Å²) in [6, 6.07) is 11.8. The molecule has 226 valence electrons. The molecule has 0 aliphatic carbocycles. The van der Waals surface area contributed by atoms with E-state index in [9.17, 15) is 33.2 Å². The molecule has 0 aromatic heterocycles. The Hall–Kier alpha value is -3.06. The van der Waals surface area contributed by atoms with Gasteiger partial charge in [-0.15, -0.1) is 11.6 Å². The number of nitrogens with zero attached hydrogens (tertiary/aromatic N) is 2. The number of carbonyl (C=O) groups is 2. The predicted octanol–water partition coefficient (Wildman–Crippen LogP) is 3.10. The average molecular weight is 611 g/mol. The summed E-state index contributed by atoms with van der Waals surface area (Å²) in [4.78, 5) is 35.8. The number of nitro groups is 1. The summed E-state index contributed by atoms with van der Waals surface area (Å²) in [5, 5.41) is 28.1. The lowest BCUT2D eigenvalue weighted by molar-refractivity contribution is -0.385. The third-order valence-electron chi connectivity index (χ3n) is 6.27. The number of rotatable bonds is 14. The van der Waals surface area contributed by atoms with Crippen LogP contribution in [-0.4, -0.2) is 71.7 Å². The van der Waals surface area contributed by atoms with E-state index in [1.165, 1.54) is 18.2 Å². The minimum Gasteiger partial charge on any atom is -0.390 e. The maximum absolute atomic E-state index is 13.6. The number of non-ortho nitro benzene ring substituents is 1. The van der Waals surface area contributed by atoms with Crippen molar-refractivity contribution >= 4 is 39.1 Å². The molecule has 13 heteroatoms. The first-order valence-electron chi connectivity index (χ1n) is 13.2. The third-order valence-corrected chi connectivity index (χ3v) is 8.34. The molecule has 2 rings (SSSR count). The first kappa shape index (κ1) is 34.1. The molecule has 3 N–H and O–H groups in total. The molecule has 0 aliphatic rings. The predicted molar refractivity (Wildman–Crippen MR) is 157 cm³/mol. The van der Waals surface area contributed by atoms with Gasteiger partial charge in [-0.05, 0) is 29.4 Å². The number of nitro benzene ring substituents is 1. The fourth-order valence-electron chi connectivity index (χ4n) is 4.21. The van der Waals surface area contributed by atoms with Crippen LogP contribution in [0, 0.1) is 21.4 Å². The van der Waals surface area contributed by atoms with E-state index in [0.717, 1.165) is 15.9 Å². The van der Waals surface area contributed by atoms with Gasteiger partial charge in [0.25, 0.3) is 5.69 Å². The lowest BCUT2D eigenvalue weighted by Gasteiger charge is -2.34. The summed E-state index contributed by atoms with van der Waals surface area (Å²) >= 11 is 5.65. The summed E-state index contributed by atoms with van der Waals surface area (Å²) < 4.78 is 28.3. The van der Waals surface area contributed by atoms with Crippen molar-refractivity contribution in [3.05, 3.63) is 70.3 Å². The lowest BCUT2D eigenvalue weighted by Crippen LogP contribution is -2.59. The van der Waals surface area contributed by atoms with E-state index in [2.05, 4.69) is 10.6 Å². The van der Waals surface area contributed by atoms with Gasteiger partial charge in [-0.3, -0.25) is 19.7 Å². The standard InChI is InChI=1S/C28H39ClN4O7S/c1-19(2)17-32(41(39,40)22-13-9-12-21(15-22)33(37)38)18-24(34)23(14-20-10-7-6-8-11-20)30-27(36)26(28(3,4)5)31-25(35)16-29/h6-13,15,19,23-24,26,34H,14,16-18H2,1-5H3,(H,30,36)(H,31,35)/t23-,24+,26+/m0/s1. The summed E-state index contributed by atoms with van der Waals surface area (Å²) in [5.74, 6) is -1.58. The average Bonchev–Trinajstić information content (AvgIpc) is 2.90. The van der Waals surface area contributed by atoms with Gasteiger partial charge in [0.2, 0.25) is 21.8 Å². The second-order valence-corrected chi connectivity index (χ2v) is 13.5. The largest absolute Gasteiger partial charge is 0.390 e. The van der Waals surface area contributed by atoms with Gasteiger partial charge in [-0.1, -0.05) is 71.0 Å². The Kier molecular flexibility index (Phi) is 12.3. The van der Waals surface area contributed by atoms with Crippen molar-refractivity contribution in [2.24, 2.45) is 11.3 Å². The lowest BCUT2D eigenvalue weighted by atomic mass is 9.85. The number of hydrogen-bond acceptors (Lipinski definition) is 7. The van der Waals surface area contributed by atoms with E-state index < -0.39 is 56.9 Å². The van der Waals surface area contributed by atoms with Crippen molar-refractivity contribution in [2.75, 3.05) is 19.0 Å². The molecule has 0 heterocycles. The van der Waals surface area contributed by atoms with Crippen LogP contribution in [0.2, 0.25) is 0 Å². The first-order chi connectivity index (χ1) is 19.1. The highest BCUT2D eigenvalue weighted by Crippen LogP contribution is 2.24. The maximum atomic E-state index is 13.6. The number of sulfonamides is 1. The molecular weight excluding hydrogens is 572 g/mol. The number of hydrogen-bond donors (Lipinski definition) is 3. The van der Waals surface area contributed by atoms with E-state index in [4.69, 9.17) is 11.6 Å². The van der Waals surface area contributed by atoms with Crippen LogP contribution >= 0.6 is 11.6 Å². The van der Waals surface area contributed by atoms with Crippen molar-refractivity contribution < 1.29 is 28.0 Å². The van der Waals surface area contributed by atoms with E-state index in [0.29, 0.717) is 0 Å². The molecule has 0 aliphatic heterocycles. The van der Waals surface area contributed by atoms with Crippen LogP contribution in [0.15, 0.2) is 59.5 Å². The van der Waals surface area contributed by atoms with Gasteiger partial charge in [0.05, 0.1) is 22.0 Å². The molecule has 0 fully saturated rings. The first-order valence-corrected chi connectivity index (χ1v) is 15.2. The summed E-state index contributed by atoms with van der Waals surface area (Å²) in [7, 11) is -4.26. The molecule has 2 aromatic carbocycles. The van der Waals surface area contributed by atoms with Crippen LogP contribution in [0.4, 0.5) is 5.69 Å². The Morgan fingerprint density at radius 3 is 2.22 bits per heavy atom. The van der Waals surface area contributed by atoms with Crippen molar-refractivity contribution in [1.82, 2.24) is 14.9 Å². The Labute approximate surface area is 246 Å². The second kappa shape index (κ2) is 14.7. The van der Waals surface area contributed by atoms with E-state index in [1.54, 1.807) is 46.8 Å². The third kappa shape index (κ3) is 10.1. The second-order valence-electron chi connectivity index (χ2n) is 11.3. The van der Waals surface area contributed by atoms with E-state index >= 15 is 0 Å². The Bertz CT molecular complexity index is 1300. The Morgan fingerprint density at radius 1 is 1.05 bits per heavy atom. The Morgan fingerprint density at radius 2 is 1.68 bits per heavy atom. The minimum atomic E-state index is -4.26. The molecule has 0 spiro atoms. The number of alkyl halides is 1. The SMILES string of the molecule is CC(C)CN(C[C@@H](O)[C@H](Cc1ccccc1)NC(=O)[C@@H](NC(=O)CCl)C(C)(C)C)S(=O)(=O)c1cccc([N+](=O)[O-])c1. The van der Waals surface area contributed by atoms with Crippen LogP contribution in [0.5, 0.6) is 0 Å². The van der Waals surface area contributed by atoms with Crippen LogP contribution in [-0.2, 0) is 26.0 Å². The molecule has 0 saturated heterocycles. The van der Waals surface area contributed by atoms with Crippen LogP contribution in [0.1, 0.15) is 40.2 Å². The van der Waals surface area contributed by atoms with Gasteiger partial charge in [0.1, 0.15) is 11.9 Å². The number of amides is 2. The zero-order chi connectivity index (χ0) is 31.0. The summed E-state index contributed by atoms with van der Waals surface area (Å²) in [5.41, 5.74) is -0.299. The van der Waals surface area contributed by atoms with Crippen LogP contribution in [0.25, 0.3) is 0 Å². The van der Waals surface area contributed by atoms with Crippen molar-refractivity contribution in [1.29, 1.82) is 0 Å². The molecule has 3 atom stereocenters. The minimum absolute atomic E-state index is 0.0183. The maximum Gasteiger partial charge on any atom is 0.270 e. The topological polar surface area (TPSA) is 159 Å². The van der Waals surface area contributed by atoms with Gasteiger partial charge >= 0.3 is 0 Å². The number of aliphatic hydroxyl groups is 1. The normalized spacial score (nSPS) is 14.4. The number of benzene rings is 2. The van der Waals surface area contributed by atoms with Crippen LogP contribution in [0.3, 0.4) is 0 Å². The van der Waals surface area contributed by atoms with Gasteiger partial charge in [0, 0.05) is 25.2 Å². The molecule has 0 unspecified atom stereocenters. The summed E-state index contributed by atoms with van der Waals surface area (Å²) in [6.45, 7) is 8.54. The fourth-order valence-corrected chi connectivity index (χ4v) is 5.95. The summed E-state index contributed by atoms with van der Waals surface area (Å²) in [6.07, 6.45) is -1.21. The van der Waals surface area contributed by atoms with Crippen molar-refractivity contribution in [3.63, 3.8) is 0 Å². The smallest absolute Gasteiger partial charge is 0.270 e. The molecule has 0 saturated carbocycles. The Balaban J connectivity index is 2.44. The highest BCUT2D eigenvalue weighted by atomic mass is 35.5. The van der Waals surface area contributed by atoms with Gasteiger partial charge in [-0.25, -0.2) is 8.42 Å². The van der Waals surface area contributed by atoms with Gasteiger partial charge < -0.3 is 15.7 Å². The zero-order valence-corrected chi connectivity index (χ0v) is 25.5. The molecule has 11 nitrogen and oxygen atoms in total. The monoisotopic (exact) mass is 610 g/mol. The fraction of sp³-hybridized carbons (Fsp3) is 0.500. The molecular formula is C28H39ClN4O7S. The van der Waals surface area contributed by atoms with Crippen LogP contribution < -0.4 is 10.6 Å². The molecule has 0 radical (unpaired) electrons. The quantitative estimate of drug-likeness (QED) is 0.168.